The van der Waals surface area contributed by atoms with Gasteiger partial charge in [0.15, 0.2) is 10.2 Å². The molecule has 1 aliphatic rings. The number of ether oxygens (including phenoxy) is 2. The first-order chi connectivity index (χ1) is 11.3. The van der Waals surface area contributed by atoms with E-state index in [2.05, 4.69) is 0 Å². The van der Waals surface area contributed by atoms with E-state index < -0.39 is 12.1 Å². The van der Waals surface area contributed by atoms with Gasteiger partial charge in [-0.1, -0.05) is 23.5 Å². The third kappa shape index (κ3) is 8.32. The molecule has 136 valence electrons. The molecule has 0 aromatic heterocycles. The Bertz CT molecular complexity index is 491. The molecule has 1 aliphatic heterocycles. The van der Waals surface area contributed by atoms with Crippen molar-refractivity contribution in [3.8, 4) is 0 Å². The van der Waals surface area contributed by atoms with Crippen molar-refractivity contribution in [2.45, 2.75) is 51.1 Å². The zero-order chi connectivity index (χ0) is 18.1. The number of carbonyl (C=O) groups is 3. The van der Waals surface area contributed by atoms with E-state index in [1.54, 1.807) is 13.0 Å². The van der Waals surface area contributed by atoms with Crippen LogP contribution in [-0.4, -0.2) is 57.7 Å². The van der Waals surface area contributed by atoms with Crippen molar-refractivity contribution in [2.75, 3.05) is 19.0 Å². The number of aliphatic hydroxyl groups is 1. The zero-order valence-electron chi connectivity index (χ0n) is 14.1. The van der Waals surface area contributed by atoms with Crippen LogP contribution in [0.3, 0.4) is 0 Å². The van der Waals surface area contributed by atoms with Crippen molar-refractivity contribution in [1.82, 2.24) is 0 Å². The van der Waals surface area contributed by atoms with Crippen LogP contribution in [0.25, 0.3) is 0 Å². The molecule has 0 spiro atoms. The van der Waals surface area contributed by atoms with Gasteiger partial charge >= 0.3 is 5.97 Å². The molecule has 1 saturated heterocycles. The van der Waals surface area contributed by atoms with Crippen LogP contribution in [0.1, 0.15) is 33.6 Å². The summed E-state index contributed by atoms with van der Waals surface area (Å²) in [7, 11) is 0. The summed E-state index contributed by atoms with van der Waals surface area (Å²) in [5, 5.41) is 9.58. The van der Waals surface area contributed by atoms with Crippen LogP contribution >= 0.6 is 23.5 Å². The summed E-state index contributed by atoms with van der Waals surface area (Å²) < 4.78 is 10.7. The Labute approximate surface area is 150 Å². The van der Waals surface area contributed by atoms with Crippen LogP contribution in [0, 0.1) is 0 Å². The zero-order valence-corrected chi connectivity index (χ0v) is 15.8. The number of thioether (sulfide) groups is 2. The highest BCUT2D eigenvalue weighted by Crippen LogP contribution is 2.28. The Morgan fingerprint density at radius 2 is 2.00 bits per heavy atom. The Balaban J connectivity index is 2.51. The fourth-order valence-corrected chi connectivity index (χ4v) is 3.66. The fraction of sp³-hybridized carbons (Fsp3) is 0.688. The van der Waals surface area contributed by atoms with E-state index in [1.807, 2.05) is 0 Å². The number of esters is 1. The fourth-order valence-electron chi connectivity index (χ4n) is 2.13. The van der Waals surface area contributed by atoms with E-state index in [0.717, 1.165) is 24.6 Å². The van der Waals surface area contributed by atoms with E-state index in [-0.39, 0.29) is 33.9 Å². The Morgan fingerprint density at radius 1 is 1.29 bits per heavy atom. The molecule has 1 fully saturated rings. The molecule has 0 aromatic carbocycles. The minimum absolute atomic E-state index is 0.00319. The van der Waals surface area contributed by atoms with Gasteiger partial charge in [0.25, 0.3) is 0 Å². The topological polar surface area (TPSA) is 89.9 Å². The van der Waals surface area contributed by atoms with E-state index in [0.29, 0.717) is 12.2 Å². The minimum Gasteiger partial charge on any atom is -0.460 e. The molecule has 0 aliphatic carbocycles. The maximum atomic E-state index is 12.0. The largest absolute Gasteiger partial charge is 0.460 e. The monoisotopic (exact) mass is 376 g/mol. The second-order valence-electron chi connectivity index (χ2n) is 5.53. The van der Waals surface area contributed by atoms with Gasteiger partial charge in [-0.3, -0.25) is 9.59 Å². The first kappa shape index (κ1) is 21.2. The number of carbonyl (C=O) groups excluding carboxylic acids is 3. The van der Waals surface area contributed by atoms with Crippen molar-refractivity contribution in [1.29, 1.82) is 0 Å². The van der Waals surface area contributed by atoms with Gasteiger partial charge in [0, 0.05) is 37.0 Å². The van der Waals surface area contributed by atoms with Crippen LogP contribution in [-0.2, 0) is 23.9 Å². The number of hydrogen-bond acceptors (Lipinski definition) is 8. The Hall–Kier alpha value is -0.830. The molecule has 0 bridgehead atoms. The predicted molar refractivity (Wildman–Crippen MR) is 94.9 cm³/mol. The Morgan fingerprint density at radius 3 is 2.62 bits per heavy atom. The van der Waals surface area contributed by atoms with Crippen molar-refractivity contribution >= 4 is 39.7 Å². The summed E-state index contributed by atoms with van der Waals surface area (Å²) in [4.78, 5) is 34.1. The van der Waals surface area contributed by atoms with Crippen LogP contribution in [0.4, 0.5) is 0 Å². The van der Waals surface area contributed by atoms with Crippen molar-refractivity contribution in [3.63, 3.8) is 0 Å². The third-order valence-corrected chi connectivity index (χ3v) is 5.35. The molecular formula is C16H24O6S2. The standard InChI is InChI=1S/C16H24O6S2/c1-10(16(20)22-8-13(19)9-23-11(2)17)7-14-15(24-12(3)18)5-4-6-21-14/h7,13-15,19H,4-6,8-9H2,1-3H3. The maximum absolute atomic E-state index is 12.0. The average Bonchev–Trinajstić information content (AvgIpc) is 2.51. The van der Waals surface area contributed by atoms with E-state index in [9.17, 15) is 19.5 Å². The lowest BCUT2D eigenvalue weighted by Crippen LogP contribution is -2.32. The maximum Gasteiger partial charge on any atom is 0.333 e. The van der Waals surface area contributed by atoms with Gasteiger partial charge in [-0.05, 0) is 25.8 Å². The highest BCUT2D eigenvalue weighted by molar-refractivity contribution is 8.14. The SMILES string of the molecule is CC(=O)SCC(O)COC(=O)C(C)=CC1OCCCC1SC(C)=O. The summed E-state index contributed by atoms with van der Waals surface area (Å²) in [6, 6.07) is 0. The van der Waals surface area contributed by atoms with Crippen molar-refractivity contribution < 1.29 is 29.0 Å². The van der Waals surface area contributed by atoms with E-state index in [4.69, 9.17) is 9.47 Å². The molecule has 6 nitrogen and oxygen atoms in total. The highest BCUT2D eigenvalue weighted by atomic mass is 32.2. The summed E-state index contributed by atoms with van der Waals surface area (Å²) in [5.41, 5.74) is 0.377. The summed E-state index contributed by atoms with van der Waals surface area (Å²) in [5.74, 6) is -0.350. The van der Waals surface area contributed by atoms with Gasteiger partial charge < -0.3 is 14.6 Å². The molecule has 24 heavy (non-hydrogen) atoms. The van der Waals surface area contributed by atoms with Gasteiger partial charge in [0.1, 0.15) is 6.61 Å². The molecule has 3 atom stereocenters. The second-order valence-corrected chi connectivity index (χ2v) is 8.14. The van der Waals surface area contributed by atoms with Crippen LogP contribution < -0.4 is 0 Å². The molecule has 0 saturated carbocycles. The quantitative estimate of drug-likeness (QED) is 0.533. The third-order valence-electron chi connectivity index (χ3n) is 3.25. The van der Waals surface area contributed by atoms with E-state index in [1.165, 1.54) is 25.6 Å². The second kappa shape index (κ2) is 10.9. The summed E-state index contributed by atoms with van der Waals surface area (Å²) in [6.07, 6.45) is 2.23. The lowest BCUT2D eigenvalue weighted by Gasteiger charge is -2.28. The molecule has 0 aromatic rings. The van der Waals surface area contributed by atoms with Crippen LogP contribution in [0.15, 0.2) is 11.6 Å². The molecule has 1 N–H and O–H groups in total. The summed E-state index contributed by atoms with van der Waals surface area (Å²) >= 11 is 2.21. The number of aliphatic hydroxyl groups excluding tert-OH is 1. The molecular weight excluding hydrogens is 352 g/mol. The molecule has 0 radical (unpaired) electrons. The van der Waals surface area contributed by atoms with Gasteiger partial charge in [-0.25, -0.2) is 4.79 Å². The van der Waals surface area contributed by atoms with Gasteiger partial charge in [0.05, 0.1) is 12.2 Å². The Kier molecular flexibility index (Phi) is 9.65. The molecule has 3 unspecified atom stereocenters. The van der Waals surface area contributed by atoms with Gasteiger partial charge in [0.2, 0.25) is 0 Å². The molecule has 8 heteroatoms. The smallest absolute Gasteiger partial charge is 0.333 e. The van der Waals surface area contributed by atoms with Crippen LogP contribution in [0.2, 0.25) is 0 Å². The van der Waals surface area contributed by atoms with Gasteiger partial charge in [-0.2, -0.15) is 0 Å². The normalized spacial score (nSPS) is 22.8. The molecule has 0 amide bonds. The van der Waals surface area contributed by atoms with Gasteiger partial charge in [-0.15, -0.1) is 0 Å². The summed E-state index contributed by atoms with van der Waals surface area (Å²) in [6.45, 7) is 4.98. The first-order valence-corrected chi connectivity index (χ1v) is 9.62. The lowest BCUT2D eigenvalue weighted by molar-refractivity contribution is -0.141. The molecule has 1 rings (SSSR count). The average molecular weight is 376 g/mol. The minimum atomic E-state index is -0.886. The lowest BCUT2D eigenvalue weighted by atomic mass is 10.1. The highest BCUT2D eigenvalue weighted by Gasteiger charge is 2.27. The number of hydrogen-bond donors (Lipinski definition) is 1. The number of rotatable bonds is 7. The van der Waals surface area contributed by atoms with E-state index >= 15 is 0 Å². The molecule has 1 heterocycles. The van der Waals surface area contributed by atoms with Crippen molar-refractivity contribution in [2.24, 2.45) is 0 Å². The van der Waals surface area contributed by atoms with Crippen LogP contribution in [0.5, 0.6) is 0 Å². The first-order valence-electron chi connectivity index (χ1n) is 7.75. The predicted octanol–water partition coefficient (Wildman–Crippen LogP) is 1.94. The van der Waals surface area contributed by atoms with Crippen molar-refractivity contribution in [3.05, 3.63) is 11.6 Å².